The molecule has 4 heteroatoms. The Kier molecular flexibility index (Phi) is 4.76. The SMILES string of the molecule is Cc1ccc(C(C)NCC2CCCC2C(=O)O)cc1F. The molecule has 0 radical (unpaired) electrons. The van der Waals surface area contributed by atoms with Crippen LogP contribution < -0.4 is 5.32 Å². The number of carboxylic acid groups (broad SMARTS) is 1. The zero-order valence-electron chi connectivity index (χ0n) is 12.0. The normalized spacial score (nSPS) is 23.8. The molecule has 1 saturated carbocycles. The lowest BCUT2D eigenvalue weighted by Gasteiger charge is -2.20. The number of carboxylic acids is 1. The van der Waals surface area contributed by atoms with E-state index in [4.69, 9.17) is 5.11 Å². The topological polar surface area (TPSA) is 49.3 Å². The quantitative estimate of drug-likeness (QED) is 0.869. The minimum atomic E-state index is -0.691. The Balaban J connectivity index is 1.93. The van der Waals surface area contributed by atoms with Gasteiger partial charge in [0.25, 0.3) is 0 Å². The zero-order chi connectivity index (χ0) is 14.7. The van der Waals surface area contributed by atoms with Crippen molar-refractivity contribution in [3.63, 3.8) is 0 Å². The summed E-state index contributed by atoms with van der Waals surface area (Å²) in [6.07, 6.45) is 2.71. The third kappa shape index (κ3) is 3.37. The second kappa shape index (κ2) is 6.35. The molecule has 0 aromatic heterocycles. The van der Waals surface area contributed by atoms with Gasteiger partial charge in [0.1, 0.15) is 5.82 Å². The largest absolute Gasteiger partial charge is 0.481 e. The Morgan fingerprint density at radius 3 is 2.90 bits per heavy atom. The number of hydrogen-bond acceptors (Lipinski definition) is 2. The Bertz CT molecular complexity index is 489. The van der Waals surface area contributed by atoms with E-state index in [9.17, 15) is 9.18 Å². The van der Waals surface area contributed by atoms with E-state index < -0.39 is 5.97 Å². The van der Waals surface area contributed by atoms with Gasteiger partial charge in [0.15, 0.2) is 0 Å². The third-order valence-electron chi connectivity index (χ3n) is 4.36. The van der Waals surface area contributed by atoms with Gasteiger partial charge >= 0.3 is 5.97 Å². The maximum Gasteiger partial charge on any atom is 0.306 e. The van der Waals surface area contributed by atoms with Gasteiger partial charge in [0.05, 0.1) is 5.92 Å². The number of aliphatic carboxylic acids is 1. The van der Waals surface area contributed by atoms with Crippen LogP contribution in [0.25, 0.3) is 0 Å². The summed E-state index contributed by atoms with van der Waals surface area (Å²) in [5.74, 6) is -0.932. The minimum Gasteiger partial charge on any atom is -0.481 e. The highest BCUT2D eigenvalue weighted by atomic mass is 19.1. The Morgan fingerprint density at radius 2 is 2.25 bits per heavy atom. The summed E-state index contributed by atoms with van der Waals surface area (Å²) in [5.41, 5.74) is 1.54. The summed E-state index contributed by atoms with van der Waals surface area (Å²) in [4.78, 5) is 11.1. The van der Waals surface area contributed by atoms with Gasteiger partial charge < -0.3 is 10.4 Å². The number of rotatable bonds is 5. The molecule has 2 rings (SSSR count). The Hall–Kier alpha value is -1.42. The van der Waals surface area contributed by atoms with Crippen molar-refractivity contribution in [1.29, 1.82) is 0 Å². The number of hydrogen-bond donors (Lipinski definition) is 2. The molecule has 1 aromatic rings. The van der Waals surface area contributed by atoms with Crippen LogP contribution in [0.4, 0.5) is 4.39 Å². The van der Waals surface area contributed by atoms with Crippen LogP contribution in [0, 0.1) is 24.6 Å². The molecule has 0 amide bonds. The number of halogens is 1. The van der Waals surface area contributed by atoms with Gasteiger partial charge in [0.2, 0.25) is 0 Å². The zero-order valence-corrected chi connectivity index (χ0v) is 12.0. The highest BCUT2D eigenvalue weighted by Gasteiger charge is 2.32. The van der Waals surface area contributed by atoms with Gasteiger partial charge in [-0.05, 0) is 56.3 Å². The number of nitrogens with one attached hydrogen (secondary N) is 1. The van der Waals surface area contributed by atoms with Crippen molar-refractivity contribution in [3.05, 3.63) is 35.1 Å². The molecular weight excluding hydrogens is 257 g/mol. The predicted octanol–water partition coefficient (Wildman–Crippen LogP) is 3.29. The van der Waals surface area contributed by atoms with Crippen LogP contribution in [-0.2, 0) is 4.79 Å². The second-order valence-electron chi connectivity index (χ2n) is 5.77. The molecular formula is C16H22FNO2. The summed E-state index contributed by atoms with van der Waals surface area (Å²) in [6, 6.07) is 5.27. The van der Waals surface area contributed by atoms with Crippen molar-refractivity contribution < 1.29 is 14.3 Å². The summed E-state index contributed by atoms with van der Waals surface area (Å²) >= 11 is 0. The van der Waals surface area contributed by atoms with Gasteiger partial charge in [-0.3, -0.25) is 4.79 Å². The highest BCUT2D eigenvalue weighted by molar-refractivity contribution is 5.70. The van der Waals surface area contributed by atoms with E-state index in [0.29, 0.717) is 12.1 Å². The van der Waals surface area contributed by atoms with E-state index in [-0.39, 0.29) is 23.7 Å². The molecule has 0 saturated heterocycles. The average molecular weight is 279 g/mol. The van der Waals surface area contributed by atoms with E-state index in [1.807, 2.05) is 13.0 Å². The first-order valence-electron chi connectivity index (χ1n) is 7.21. The van der Waals surface area contributed by atoms with Crippen LogP contribution in [0.3, 0.4) is 0 Å². The van der Waals surface area contributed by atoms with Crippen LogP contribution >= 0.6 is 0 Å². The van der Waals surface area contributed by atoms with E-state index >= 15 is 0 Å². The van der Waals surface area contributed by atoms with Crippen LogP contribution in [0.5, 0.6) is 0 Å². The first kappa shape index (κ1) is 15.0. The monoisotopic (exact) mass is 279 g/mol. The van der Waals surface area contributed by atoms with Gasteiger partial charge in [-0.25, -0.2) is 4.39 Å². The smallest absolute Gasteiger partial charge is 0.306 e. The maximum atomic E-state index is 13.5. The lowest BCUT2D eigenvalue weighted by molar-refractivity contribution is -0.142. The van der Waals surface area contributed by atoms with Gasteiger partial charge in [-0.2, -0.15) is 0 Å². The molecule has 1 aliphatic carbocycles. The van der Waals surface area contributed by atoms with Crippen molar-refractivity contribution in [2.24, 2.45) is 11.8 Å². The summed E-state index contributed by atoms with van der Waals surface area (Å²) in [7, 11) is 0. The number of aryl methyl sites for hydroxylation is 1. The van der Waals surface area contributed by atoms with E-state index in [1.165, 1.54) is 0 Å². The van der Waals surface area contributed by atoms with E-state index in [0.717, 1.165) is 24.8 Å². The van der Waals surface area contributed by atoms with E-state index in [2.05, 4.69) is 5.32 Å². The Labute approximate surface area is 119 Å². The van der Waals surface area contributed by atoms with Crippen molar-refractivity contribution in [3.8, 4) is 0 Å². The van der Waals surface area contributed by atoms with Crippen molar-refractivity contribution in [1.82, 2.24) is 5.32 Å². The van der Waals surface area contributed by atoms with Crippen LogP contribution in [-0.4, -0.2) is 17.6 Å². The van der Waals surface area contributed by atoms with Gasteiger partial charge in [0, 0.05) is 6.04 Å². The average Bonchev–Trinajstić information content (AvgIpc) is 2.87. The molecule has 0 aliphatic heterocycles. The standard InChI is InChI=1S/C16H22FNO2/c1-10-6-7-12(8-15(10)17)11(2)18-9-13-4-3-5-14(13)16(19)20/h6-8,11,13-14,18H,3-5,9H2,1-2H3,(H,19,20). The van der Waals surface area contributed by atoms with Crippen molar-refractivity contribution in [2.45, 2.75) is 39.2 Å². The molecule has 0 bridgehead atoms. The first-order chi connectivity index (χ1) is 9.49. The molecule has 3 nitrogen and oxygen atoms in total. The van der Waals surface area contributed by atoms with Crippen LogP contribution in [0.15, 0.2) is 18.2 Å². The minimum absolute atomic E-state index is 0.0279. The molecule has 110 valence electrons. The molecule has 3 atom stereocenters. The molecule has 3 unspecified atom stereocenters. The van der Waals surface area contributed by atoms with Gasteiger partial charge in [-0.15, -0.1) is 0 Å². The number of benzene rings is 1. The molecule has 0 spiro atoms. The highest BCUT2D eigenvalue weighted by Crippen LogP contribution is 2.31. The summed E-state index contributed by atoms with van der Waals surface area (Å²) < 4.78 is 13.5. The maximum absolute atomic E-state index is 13.5. The lowest BCUT2D eigenvalue weighted by Crippen LogP contribution is -2.30. The van der Waals surface area contributed by atoms with Gasteiger partial charge in [-0.1, -0.05) is 18.6 Å². The fourth-order valence-corrected chi connectivity index (χ4v) is 2.93. The molecule has 0 heterocycles. The molecule has 1 aromatic carbocycles. The molecule has 2 N–H and O–H groups in total. The van der Waals surface area contributed by atoms with Crippen molar-refractivity contribution >= 4 is 5.97 Å². The molecule has 1 fully saturated rings. The second-order valence-corrected chi connectivity index (χ2v) is 5.77. The first-order valence-corrected chi connectivity index (χ1v) is 7.21. The van der Waals surface area contributed by atoms with E-state index in [1.54, 1.807) is 19.1 Å². The van der Waals surface area contributed by atoms with Crippen molar-refractivity contribution in [2.75, 3.05) is 6.54 Å². The fourth-order valence-electron chi connectivity index (χ4n) is 2.93. The van der Waals surface area contributed by atoms with Crippen LogP contribution in [0.2, 0.25) is 0 Å². The molecule has 1 aliphatic rings. The predicted molar refractivity (Wildman–Crippen MR) is 76.0 cm³/mol. The Morgan fingerprint density at radius 1 is 1.50 bits per heavy atom. The summed E-state index contributed by atoms with van der Waals surface area (Å²) in [5, 5.41) is 12.5. The molecule has 20 heavy (non-hydrogen) atoms. The third-order valence-corrected chi connectivity index (χ3v) is 4.36. The lowest BCUT2D eigenvalue weighted by atomic mass is 9.95. The van der Waals surface area contributed by atoms with Crippen LogP contribution in [0.1, 0.15) is 43.4 Å². The summed E-state index contributed by atoms with van der Waals surface area (Å²) in [6.45, 7) is 4.40. The fraction of sp³-hybridized carbons (Fsp3) is 0.562. The number of carbonyl (C=O) groups is 1.